The van der Waals surface area contributed by atoms with Crippen LogP contribution >= 0.6 is 0 Å². The number of likely N-dealkylation sites (tertiary alicyclic amines) is 1. The smallest absolute Gasteiger partial charge is 0.260 e. The van der Waals surface area contributed by atoms with Crippen molar-refractivity contribution in [2.24, 2.45) is 5.92 Å². The minimum absolute atomic E-state index is 0.00619. The Morgan fingerprint density at radius 2 is 1.78 bits per heavy atom. The van der Waals surface area contributed by atoms with Gasteiger partial charge in [0.1, 0.15) is 5.75 Å². The number of piperidine rings is 1. The molecule has 0 spiro atoms. The van der Waals surface area contributed by atoms with Crippen LogP contribution in [0.5, 0.6) is 5.75 Å². The predicted octanol–water partition coefficient (Wildman–Crippen LogP) is 2.22. The zero-order valence-electron chi connectivity index (χ0n) is 14.2. The second kappa shape index (κ2) is 7.49. The van der Waals surface area contributed by atoms with Crippen molar-refractivity contribution >= 4 is 11.8 Å². The number of carbonyl (C=O) groups excluding carboxylic acids is 2. The maximum atomic E-state index is 12.2. The fourth-order valence-electron chi connectivity index (χ4n) is 2.62. The molecule has 0 aliphatic carbocycles. The highest BCUT2D eigenvalue weighted by atomic mass is 16.5. The van der Waals surface area contributed by atoms with E-state index >= 15 is 0 Å². The van der Waals surface area contributed by atoms with E-state index in [0.29, 0.717) is 31.7 Å². The maximum Gasteiger partial charge on any atom is 0.260 e. The summed E-state index contributed by atoms with van der Waals surface area (Å²) in [5.74, 6) is 0.752. The minimum Gasteiger partial charge on any atom is -0.484 e. The lowest BCUT2D eigenvalue weighted by Gasteiger charge is -2.33. The van der Waals surface area contributed by atoms with E-state index in [1.54, 1.807) is 4.90 Å². The van der Waals surface area contributed by atoms with Crippen LogP contribution in [0.25, 0.3) is 0 Å². The fraction of sp³-hybridized carbons (Fsp3) is 0.556. The molecule has 5 nitrogen and oxygen atoms in total. The van der Waals surface area contributed by atoms with Crippen molar-refractivity contribution in [1.29, 1.82) is 0 Å². The summed E-state index contributed by atoms with van der Waals surface area (Å²) < 4.78 is 5.49. The first kappa shape index (κ1) is 17.3. The first-order valence-electron chi connectivity index (χ1n) is 8.13. The number of nitrogens with one attached hydrogen (secondary N) is 1. The number of carbonyl (C=O) groups is 2. The molecule has 1 aromatic rings. The molecule has 126 valence electrons. The summed E-state index contributed by atoms with van der Waals surface area (Å²) in [6.45, 7) is 7.20. The van der Waals surface area contributed by atoms with Crippen molar-refractivity contribution in [3.8, 4) is 5.75 Å². The van der Waals surface area contributed by atoms with Crippen LogP contribution in [0.2, 0.25) is 0 Å². The summed E-state index contributed by atoms with van der Waals surface area (Å²) in [5, 5.41) is 3.01. The zero-order valence-corrected chi connectivity index (χ0v) is 14.2. The molecule has 2 rings (SSSR count). The second-order valence-electron chi connectivity index (χ2n) is 7.00. The zero-order chi connectivity index (χ0) is 16.9. The Balaban J connectivity index is 1.75. The van der Waals surface area contributed by atoms with Gasteiger partial charge in [-0.15, -0.1) is 0 Å². The van der Waals surface area contributed by atoms with Crippen molar-refractivity contribution in [2.45, 2.75) is 39.2 Å². The van der Waals surface area contributed by atoms with Gasteiger partial charge in [-0.2, -0.15) is 0 Å². The number of amides is 2. The van der Waals surface area contributed by atoms with Gasteiger partial charge < -0.3 is 15.0 Å². The summed E-state index contributed by atoms with van der Waals surface area (Å²) in [5.41, 5.74) is -0.215. The highest BCUT2D eigenvalue weighted by molar-refractivity contribution is 5.81. The molecular weight excluding hydrogens is 292 g/mol. The van der Waals surface area contributed by atoms with E-state index in [0.717, 1.165) is 0 Å². The average molecular weight is 318 g/mol. The van der Waals surface area contributed by atoms with Gasteiger partial charge in [-0.25, -0.2) is 0 Å². The van der Waals surface area contributed by atoms with Gasteiger partial charge in [0.05, 0.1) is 0 Å². The van der Waals surface area contributed by atoms with Gasteiger partial charge in [0.2, 0.25) is 5.91 Å². The molecule has 23 heavy (non-hydrogen) atoms. The molecule has 1 heterocycles. The van der Waals surface area contributed by atoms with Gasteiger partial charge in [0, 0.05) is 24.5 Å². The quantitative estimate of drug-likeness (QED) is 0.926. The van der Waals surface area contributed by atoms with Crippen molar-refractivity contribution in [3.63, 3.8) is 0 Å². The molecule has 0 radical (unpaired) electrons. The number of benzene rings is 1. The average Bonchev–Trinajstić information content (AvgIpc) is 2.52. The molecular formula is C18H26N2O3. The molecule has 2 amide bonds. The SMILES string of the molecule is CC(C)(C)NC(=O)C1CCN(C(=O)COc2ccccc2)CC1. The lowest BCUT2D eigenvalue weighted by molar-refractivity contribution is -0.137. The van der Waals surface area contributed by atoms with Crippen LogP contribution in [0.4, 0.5) is 0 Å². The Morgan fingerprint density at radius 3 is 2.35 bits per heavy atom. The van der Waals surface area contributed by atoms with E-state index in [2.05, 4.69) is 5.32 Å². The van der Waals surface area contributed by atoms with Crippen LogP contribution in [-0.4, -0.2) is 41.9 Å². The summed E-state index contributed by atoms with van der Waals surface area (Å²) in [6, 6.07) is 9.31. The minimum atomic E-state index is -0.215. The molecule has 1 aromatic carbocycles. The number of rotatable bonds is 4. The van der Waals surface area contributed by atoms with Crippen LogP contribution in [0, 0.1) is 5.92 Å². The third kappa shape index (κ3) is 5.58. The molecule has 1 aliphatic rings. The Bertz CT molecular complexity index is 529. The molecule has 1 N–H and O–H groups in total. The summed E-state index contributed by atoms with van der Waals surface area (Å²) in [7, 11) is 0. The monoisotopic (exact) mass is 318 g/mol. The number of hydrogen-bond donors (Lipinski definition) is 1. The first-order chi connectivity index (χ1) is 10.8. The standard InChI is InChI=1S/C18H26N2O3/c1-18(2,3)19-17(22)14-9-11-20(12-10-14)16(21)13-23-15-7-5-4-6-8-15/h4-8,14H,9-13H2,1-3H3,(H,19,22). The van der Waals surface area contributed by atoms with E-state index in [4.69, 9.17) is 4.74 Å². The van der Waals surface area contributed by atoms with E-state index in [1.165, 1.54) is 0 Å². The maximum absolute atomic E-state index is 12.2. The molecule has 0 bridgehead atoms. The third-order valence-electron chi connectivity index (χ3n) is 3.82. The van der Waals surface area contributed by atoms with E-state index < -0.39 is 0 Å². The number of para-hydroxylation sites is 1. The van der Waals surface area contributed by atoms with Gasteiger partial charge in [-0.05, 0) is 45.7 Å². The molecule has 0 aromatic heterocycles. The Kier molecular flexibility index (Phi) is 5.64. The molecule has 1 fully saturated rings. The number of ether oxygens (including phenoxy) is 1. The molecule has 0 saturated carbocycles. The lowest BCUT2D eigenvalue weighted by Crippen LogP contribution is -2.48. The van der Waals surface area contributed by atoms with Crippen LogP contribution in [0.1, 0.15) is 33.6 Å². The Morgan fingerprint density at radius 1 is 1.17 bits per heavy atom. The topological polar surface area (TPSA) is 58.6 Å². The normalized spacial score (nSPS) is 16.0. The largest absolute Gasteiger partial charge is 0.484 e. The van der Waals surface area contributed by atoms with E-state index in [-0.39, 0.29) is 29.9 Å². The Labute approximate surface area is 138 Å². The first-order valence-corrected chi connectivity index (χ1v) is 8.13. The summed E-state index contributed by atoms with van der Waals surface area (Å²) >= 11 is 0. The lowest BCUT2D eigenvalue weighted by atomic mass is 9.94. The van der Waals surface area contributed by atoms with Gasteiger partial charge >= 0.3 is 0 Å². The molecule has 5 heteroatoms. The highest BCUT2D eigenvalue weighted by Crippen LogP contribution is 2.19. The van der Waals surface area contributed by atoms with Crippen LogP contribution in [-0.2, 0) is 9.59 Å². The second-order valence-corrected chi connectivity index (χ2v) is 7.00. The van der Waals surface area contributed by atoms with Crippen molar-refractivity contribution in [3.05, 3.63) is 30.3 Å². The number of hydrogen-bond acceptors (Lipinski definition) is 3. The predicted molar refractivity (Wildman–Crippen MR) is 89.1 cm³/mol. The van der Waals surface area contributed by atoms with Gasteiger partial charge in [0.25, 0.3) is 5.91 Å². The summed E-state index contributed by atoms with van der Waals surface area (Å²) in [6.07, 6.45) is 1.41. The van der Waals surface area contributed by atoms with E-state index in [9.17, 15) is 9.59 Å². The van der Waals surface area contributed by atoms with Crippen LogP contribution in [0.3, 0.4) is 0 Å². The molecule has 1 saturated heterocycles. The summed E-state index contributed by atoms with van der Waals surface area (Å²) in [4.78, 5) is 26.1. The van der Waals surface area contributed by atoms with Gasteiger partial charge in [-0.1, -0.05) is 18.2 Å². The molecule has 0 unspecified atom stereocenters. The van der Waals surface area contributed by atoms with Crippen LogP contribution in [0.15, 0.2) is 30.3 Å². The highest BCUT2D eigenvalue weighted by Gasteiger charge is 2.29. The van der Waals surface area contributed by atoms with Crippen molar-refractivity contribution < 1.29 is 14.3 Å². The Hall–Kier alpha value is -2.04. The number of nitrogens with zero attached hydrogens (tertiary/aromatic N) is 1. The van der Waals surface area contributed by atoms with Crippen molar-refractivity contribution in [2.75, 3.05) is 19.7 Å². The van der Waals surface area contributed by atoms with Crippen molar-refractivity contribution in [1.82, 2.24) is 10.2 Å². The molecule has 1 aliphatic heterocycles. The van der Waals surface area contributed by atoms with Gasteiger partial charge in [0.15, 0.2) is 6.61 Å². The fourth-order valence-corrected chi connectivity index (χ4v) is 2.62. The van der Waals surface area contributed by atoms with E-state index in [1.807, 2.05) is 51.1 Å². The molecule has 0 atom stereocenters. The van der Waals surface area contributed by atoms with Gasteiger partial charge in [-0.3, -0.25) is 9.59 Å². The third-order valence-corrected chi connectivity index (χ3v) is 3.82. The van der Waals surface area contributed by atoms with Crippen LogP contribution < -0.4 is 10.1 Å².